The molecule has 0 saturated carbocycles. The zero-order chi connectivity index (χ0) is 16.1. The number of hydrogen-bond acceptors (Lipinski definition) is 3. The van der Waals surface area contributed by atoms with Crippen LogP contribution in [0.2, 0.25) is 15.1 Å². The van der Waals surface area contributed by atoms with E-state index in [0.29, 0.717) is 43.6 Å². The summed E-state index contributed by atoms with van der Waals surface area (Å²) in [7, 11) is 0. The third-order valence-corrected chi connectivity index (χ3v) is 4.71. The number of nitrogens with zero attached hydrogens (tertiary/aromatic N) is 2. The average Bonchev–Trinajstić information content (AvgIpc) is 2.49. The van der Waals surface area contributed by atoms with E-state index in [1.165, 1.54) is 0 Å². The third-order valence-electron chi connectivity index (χ3n) is 2.68. The number of anilines is 1. The van der Waals surface area contributed by atoms with Gasteiger partial charge in [-0.3, -0.25) is 0 Å². The van der Waals surface area contributed by atoms with E-state index in [0.717, 1.165) is 5.56 Å². The molecule has 22 heavy (non-hydrogen) atoms. The van der Waals surface area contributed by atoms with Crippen LogP contribution in [0.5, 0.6) is 0 Å². The highest BCUT2D eigenvalue weighted by molar-refractivity contribution is 9.10. The lowest BCUT2D eigenvalue weighted by Gasteiger charge is -2.12. The summed E-state index contributed by atoms with van der Waals surface area (Å²) in [6, 6.07) is 3.39. The molecule has 1 aromatic carbocycles. The second kappa shape index (κ2) is 8.26. The highest BCUT2D eigenvalue weighted by Crippen LogP contribution is 2.31. The van der Waals surface area contributed by atoms with Crippen molar-refractivity contribution in [3.05, 3.63) is 49.8 Å². The standard InChI is InChI=1S/C13H10BrCl3N4S/c14-11-12(19-6-5-18-11)21-13(22)20-4-3-7-8(15)1-2-9(16)10(7)17/h1-2,5-6H,3-4H2,(H2,19,20,21,22). The van der Waals surface area contributed by atoms with E-state index in [9.17, 15) is 0 Å². The first-order valence-electron chi connectivity index (χ1n) is 6.12. The number of halogens is 4. The second-order valence-corrected chi connectivity index (χ2v) is 6.50. The first-order chi connectivity index (χ1) is 10.5. The fraction of sp³-hybridized carbons (Fsp3) is 0.154. The van der Waals surface area contributed by atoms with Crippen LogP contribution in [-0.4, -0.2) is 21.6 Å². The molecule has 0 bridgehead atoms. The molecule has 0 radical (unpaired) electrons. The number of aromatic nitrogens is 2. The van der Waals surface area contributed by atoms with Crippen molar-refractivity contribution in [1.82, 2.24) is 15.3 Å². The van der Waals surface area contributed by atoms with Gasteiger partial charge in [-0.25, -0.2) is 9.97 Å². The molecule has 0 saturated heterocycles. The van der Waals surface area contributed by atoms with Crippen LogP contribution in [0.4, 0.5) is 5.82 Å². The van der Waals surface area contributed by atoms with E-state index < -0.39 is 0 Å². The van der Waals surface area contributed by atoms with E-state index in [1.54, 1.807) is 24.5 Å². The predicted octanol–water partition coefficient (Wildman–Crippen LogP) is 4.73. The van der Waals surface area contributed by atoms with Crippen LogP contribution in [-0.2, 0) is 6.42 Å². The highest BCUT2D eigenvalue weighted by atomic mass is 79.9. The zero-order valence-electron chi connectivity index (χ0n) is 11.0. The lowest BCUT2D eigenvalue weighted by molar-refractivity contribution is 0.873. The minimum atomic E-state index is 0.426. The van der Waals surface area contributed by atoms with Crippen LogP contribution >= 0.6 is 63.0 Å². The summed E-state index contributed by atoms with van der Waals surface area (Å²) in [5.41, 5.74) is 0.784. The first kappa shape index (κ1) is 17.7. The van der Waals surface area contributed by atoms with Crippen molar-refractivity contribution in [3.8, 4) is 0 Å². The van der Waals surface area contributed by atoms with E-state index in [1.807, 2.05) is 0 Å². The zero-order valence-corrected chi connectivity index (χ0v) is 15.7. The Bertz CT molecular complexity index is 699. The van der Waals surface area contributed by atoms with Gasteiger partial charge >= 0.3 is 0 Å². The van der Waals surface area contributed by atoms with Gasteiger partial charge < -0.3 is 10.6 Å². The van der Waals surface area contributed by atoms with Crippen molar-refractivity contribution in [2.24, 2.45) is 0 Å². The van der Waals surface area contributed by atoms with E-state index in [-0.39, 0.29) is 0 Å². The number of rotatable bonds is 4. The molecular formula is C13H10BrCl3N4S. The maximum atomic E-state index is 6.15. The minimum Gasteiger partial charge on any atom is -0.362 e. The smallest absolute Gasteiger partial charge is 0.172 e. The largest absolute Gasteiger partial charge is 0.362 e. The number of benzene rings is 1. The molecule has 2 aromatic rings. The molecule has 0 aliphatic carbocycles. The summed E-state index contributed by atoms with van der Waals surface area (Å²) >= 11 is 26.7. The van der Waals surface area contributed by atoms with Gasteiger partial charge in [0.1, 0.15) is 4.60 Å². The molecule has 0 aliphatic heterocycles. The molecule has 2 rings (SSSR count). The van der Waals surface area contributed by atoms with Gasteiger partial charge in [-0.05, 0) is 52.3 Å². The normalized spacial score (nSPS) is 10.4. The molecule has 0 atom stereocenters. The Labute approximate surface area is 156 Å². The minimum absolute atomic E-state index is 0.426. The quantitative estimate of drug-likeness (QED) is 0.532. The molecule has 116 valence electrons. The van der Waals surface area contributed by atoms with Crippen molar-refractivity contribution in [2.45, 2.75) is 6.42 Å². The van der Waals surface area contributed by atoms with E-state index >= 15 is 0 Å². The van der Waals surface area contributed by atoms with Gasteiger partial charge in [0, 0.05) is 24.0 Å². The molecule has 1 heterocycles. The molecule has 0 unspecified atom stereocenters. The van der Waals surface area contributed by atoms with Crippen LogP contribution in [0.25, 0.3) is 0 Å². The van der Waals surface area contributed by atoms with Crippen LogP contribution < -0.4 is 10.6 Å². The Morgan fingerprint density at radius 1 is 1.14 bits per heavy atom. The maximum Gasteiger partial charge on any atom is 0.172 e. The molecule has 4 nitrogen and oxygen atoms in total. The summed E-state index contributed by atoms with van der Waals surface area (Å²) in [6.45, 7) is 0.545. The Morgan fingerprint density at radius 2 is 1.82 bits per heavy atom. The van der Waals surface area contributed by atoms with Crippen molar-refractivity contribution in [1.29, 1.82) is 0 Å². The van der Waals surface area contributed by atoms with E-state index in [4.69, 9.17) is 47.0 Å². The van der Waals surface area contributed by atoms with Crippen LogP contribution in [0.15, 0.2) is 29.1 Å². The Morgan fingerprint density at radius 3 is 2.55 bits per heavy atom. The maximum absolute atomic E-state index is 6.15. The van der Waals surface area contributed by atoms with Gasteiger partial charge in [0.05, 0.1) is 10.0 Å². The SMILES string of the molecule is S=C(NCCc1c(Cl)ccc(Cl)c1Cl)Nc1nccnc1Br. The van der Waals surface area contributed by atoms with Crippen LogP contribution in [0, 0.1) is 0 Å². The first-order valence-corrected chi connectivity index (χ1v) is 8.46. The third kappa shape index (κ3) is 4.67. The highest BCUT2D eigenvalue weighted by Gasteiger charge is 2.10. The topological polar surface area (TPSA) is 49.8 Å². The molecule has 1 aromatic heterocycles. The molecule has 0 amide bonds. The lowest BCUT2D eigenvalue weighted by Crippen LogP contribution is -2.30. The van der Waals surface area contributed by atoms with Gasteiger partial charge in [0.25, 0.3) is 0 Å². The summed E-state index contributed by atoms with van der Waals surface area (Å²) < 4.78 is 0.583. The van der Waals surface area contributed by atoms with Gasteiger partial charge in [0.15, 0.2) is 10.9 Å². The summed E-state index contributed by atoms with van der Waals surface area (Å²) in [5.74, 6) is 0.541. The summed E-state index contributed by atoms with van der Waals surface area (Å²) in [4.78, 5) is 8.16. The van der Waals surface area contributed by atoms with Gasteiger partial charge in [0.2, 0.25) is 0 Å². The van der Waals surface area contributed by atoms with Crippen LogP contribution in [0.1, 0.15) is 5.56 Å². The van der Waals surface area contributed by atoms with Crippen molar-refractivity contribution >= 4 is 73.9 Å². The van der Waals surface area contributed by atoms with Crippen molar-refractivity contribution in [2.75, 3.05) is 11.9 Å². The predicted molar refractivity (Wildman–Crippen MR) is 99.1 cm³/mol. The van der Waals surface area contributed by atoms with Gasteiger partial charge in [-0.1, -0.05) is 34.8 Å². The Kier molecular flexibility index (Phi) is 6.65. The van der Waals surface area contributed by atoms with Crippen molar-refractivity contribution in [3.63, 3.8) is 0 Å². The average molecular weight is 441 g/mol. The number of thiocarbonyl (C=S) groups is 1. The molecule has 0 aliphatic rings. The molecular weight excluding hydrogens is 431 g/mol. The van der Waals surface area contributed by atoms with Gasteiger partial charge in [-0.15, -0.1) is 0 Å². The Hall–Kier alpha value is -0.660. The fourth-order valence-electron chi connectivity index (χ4n) is 1.66. The molecule has 0 fully saturated rings. The van der Waals surface area contributed by atoms with Crippen LogP contribution in [0.3, 0.4) is 0 Å². The number of nitrogens with one attached hydrogen (secondary N) is 2. The van der Waals surface area contributed by atoms with Crippen molar-refractivity contribution < 1.29 is 0 Å². The van der Waals surface area contributed by atoms with E-state index in [2.05, 4.69) is 36.5 Å². The molecule has 0 spiro atoms. The van der Waals surface area contributed by atoms with Gasteiger partial charge in [-0.2, -0.15) is 0 Å². The fourth-order valence-corrected chi connectivity index (χ4v) is 2.91. The lowest BCUT2D eigenvalue weighted by atomic mass is 10.1. The second-order valence-electron chi connectivity index (χ2n) is 4.15. The summed E-state index contributed by atoms with van der Waals surface area (Å²) in [5, 5.41) is 7.94. The summed E-state index contributed by atoms with van der Waals surface area (Å²) in [6.07, 6.45) is 3.73. The number of hydrogen-bond donors (Lipinski definition) is 2. The Balaban J connectivity index is 1.90. The molecule has 9 heteroatoms. The monoisotopic (exact) mass is 438 g/mol. The molecule has 2 N–H and O–H groups in total.